The molecule has 108 valence electrons. The third-order valence-electron chi connectivity index (χ3n) is 3.68. The van der Waals surface area contributed by atoms with Crippen LogP contribution < -0.4 is 10.1 Å². The number of methoxy groups -OCH3 is 1. The molecule has 0 aromatic heterocycles. The Morgan fingerprint density at radius 1 is 1.10 bits per heavy atom. The molecule has 0 saturated carbocycles. The van der Waals surface area contributed by atoms with Crippen LogP contribution in [0.4, 0.5) is 0 Å². The number of fused-ring (bicyclic) bond motifs is 1. The van der Waals surface area contributed by atoms with Crippen LogP contribution in [0.3, 0.4) is 0 Å². The number of aliphatic hydroxyl groups is 1. The largest absolute Gasteiger partial charge is 0.497 e. The predicted octanol–water partition coefficient (Wildman–Crippen LogP) is 2.95. The van der Waals surface area contributed by atoms with E-state index < -0.39 is 0 Å². The minimum atomic E-state index is 0.140. The molecule has 0 aliphatic heterocycles. The molecule has 1 atom stereocenters. The molecule has 3 nitrogen and oxygen atoms in total. The summed E-state index contributed by atoms with van der Waals surface area (Å²) >= 11 is 0. The van der Waals surface area contributed by atoms with Gasteiger partial charge in [0.15, 0.2) is 0 Å². The Kier molecular flexibility index (Phi) is 4.99. The van der Waals surface area contributed by atoms with Crippen molar-refractivity contribution in [3.63, 3.8) is 0 Å². The van der Waals surface area contributed by atoms with E-state index in [1.54, 1.807) is 7.11 Å². The van der Waals surface area contributed by atoms with Gasteiger partial charge in [0, 0.05) is 12.6 Å². The second-order valence-electron chi connectivity index (χ2n) is 5.46. The van der Waals surface area contributed by atoms with Crippen LogP contribution in [-0.2, 0) is 6.54 Å². The maximum atomic E-state index is 9.33. The van der Waals surface area contributed by atoms with Gasteiger partial charge in [-0.15, -0.1) is 0 Å². The molecule has 0 unspecified atom stereocenters. The van der Waals surface area contributed by atoms with Crippen LogP contribution in [0.25, 0.3) is 10.8 Å². The molecule has 2 aromatic rings. The Balaban J connectivity index is 2.12. The van der Waals surface area contributed by atoms with Gasteiger partial charge in [-0.2, -0.15) is 0 Å². The first-order valence-electron chi connectivity index (χ1n) is 7.05. The number of benzene rings is 2. The molecule has 0 aliphatic rings. The van der Waals surface area contributed by atoms with Crippen molar-refractivity contribution in [3.05, 3.63) is 42.0 Å². The van der Waals surface area contributed by atoms with Gasteiger partial charge in [0.2, 0.25) is 0 Å². The van der Waals surface area contributed by atoms with Crippen LogP contribution in [-0.4, -0.2) is 24.9 Å². The topological polar surface area (TPSA) is 41.5 Å². The Morgan fingerprint density at radius 2 is 1.80 bits per heavy atom. The highest BCUT2D eigenvalue weighted by molar-refractivity contribution is 5.84. The van der Waals surface area contributed by atoms with Crippen LogP contribution in [0.2, 0.25) is 0 Å². The monoisotopic (exact) mass is 273 g/mol. The van der Waals surface area contributed by atoms with Crippen molar-refractivity contribution in [3.8, 4) is 5.75 Å². The van der Waals surface area contributed by atoms with Gasteiger partial charge in [0.1, 0.15) is 5.75 Å². The minimum Gasteiger partial charge on any atom is -0.497 e. The highest BCUT2D eigenvalue weighted by Crippen LogP contribution is 2.21. The van der Waals surface area contributed by atoms with Crippen molar-refractivity contribution < 1.29 is 9.84 Å². The molecule has 3 heteroatoms. The second-order valence-corrected chi connectivity index (χ2v) is 5.46. The van der Waals surface area contributed by atoms with Crippen molar-refractivity contribution in [2.24, 2.45) is 5.92 Å². The molecule has 2 rings (SSSR count). The molecule has 0 bridgehead atoms. The lowest BCUT2D eigenvalue weighted by atomic mass is 10.0. The van der Waals surface area contributed by atoms with Crippen molar-refractivity contribution in [2.75, 3.05) is 13.7 Å². The molecule has 0 heterocycles. The zero-order chi connectivity index (χ0) is 14.5. The molecule has 0 amide bonds. The quantitative estimate of drug-likeness (QED) is 0.850. The zero-order valence-electron chi connectivity index (χ0n) is 12.4. The van der Waals surface area contributed by atoms with Gasteiger partial charge in [-0.25, -0.2) is 0 Å². The molecule has 0 aliphatic carbocycles. The van der Waals surface area contributed by atoms with E-state index in [4.69, 9.17) is 4.74 Å². The van der Waals surface area contributed by atoms with E-state index in [1.165, 1.54) is 16.3 Å². The SMILES string of the molecule is COc1ccc2cc(CN[C@H](CO)C(C)C)ccc2c1. The Bertz CT molecular complexity index is 566. The fourth-order valence-corrected chi connectivity index (χ4v) is 2.27. The highest BCUT2D eigenvalue weighted by Gasteiger charge is 2.10. The molecular weight excluding hydrogens is 250 g/mol. The Labute approximate surface area is 120 Å². The summed E-state index contributed by atoms with van der Waals surface area (Å²) in [6.45, 7) is 5.16. The first-order chi connectivity index (χ1) is 9.63. The summed E-state index contributed by atoms with van der Waals surface area (Å²) < 4.78 is 5.23. The van der Waals surface area contributed by atoms with E-state index in [2.05, 4.69) is 43.4 Å². The van der Waals surface area contributed by atoms with Crippen LogP contribution in [0.15, 0.2) is 36.4 Å². The molecule has 0 saturated heterocycles. The van der Waals surface area contributed by atoms with E-state index in [0.717, 1.165) is 12.3 Å². The fourth-order valence-electron chi connectivity index (χ4n) is 2.27. The molecule has 0 spiro atoms. The normalized spacial score (nSPS) is 12.8. The maximum Gasteiger partial charge on any atom is 0.119 e. The first kappa shape index (κ1) is 14.8. The van der Waals surface area contributed by atoms with Crippen molar-refractivity contribution >= 4 is 10.8 Å². The minimum absolute atomic E-state index is 0.140. The molecule has 0 fully saturated rings. The van der Waals surface area contributed by atoms with Crippen molar-refractivity contribution in [1.82, 2.24) is 5.32 Å². The molecule has 0 radical (unpaired) electrons. The number of hydrogen-bond donors (Lipinski definition) is 2. The van der Waals surface area contributed by atoms with Crippen molar-refractivity contribution in [2.45, 2.75) is 26.4 Å². The van der Waals surface area contributed by atoms with Gasteiger partial charge in [0.05, 0.1) is 13.7 Å². The average Bonchev–Trinajstić information content (AvgIpc) is 2.46. The van der Waals surface area contributed by atoms with Gasteiger partial charge in [0.25, 0.3) is 0 Å². The predicted molar refractivity (Wildman–Crippen MR) is 83.1 cm³/mol. The van der Waals surface area contributed by atoms with Gasteiger partial charge in [-0.05, 0) is 40.5 Å². The average molecular weight is 273 g/mol. The number of ether oxygens (including phenoxy) is 1. The fraction of sp³-hybridized carbons (Fsp3) is 0.412. The zero-order valence-corrected chi connectivity index (χ0v) is 12.4. The summed E-state index contributed by atoms with van der Waals surface area (Å²) in [6, 6.07) is 12.6. The lowest BCUT2D eigenvalue weighted by Gasteiger charge is -2.20. The van der Waals surface area contributed by atoms with Crippen LogP contribution in [0, 0.1) is 5.92 Å². The van der Waals surface area contributed by atoms with E-state index in [0.29, 0.717) is 5.92 Å². The second kappa shape index (κ2) is 6.73. The number of nitrogens with one attached hydrogen (secondary N) is 1. The Hall–Kier alpha value is -1.58. The number of aliphatic hydroxyl groups excluding tert-OH is 1. The lowest BCUT2D eigenvalue weighted by molar-refractivity contribution is 0.210. The molecule has 2 aromatic carbocycles. The van der Waals surface area contributed by atoms with Crippen LogP contribution >= 0.6 is 0 Å². The van der Waals surface area contributed by atoms with Crippen LogP contribution in [0.1, 0.15) is 19.4 Å². The summed E-state index contributed by atoms with van der Waals surface area (Å²) in [4.78, 5) is 0. The summed E-state index contributed by atoms with van der Waals surface area (Å²) in [5, 5.41) is 15.1. The smallest absolute Gasteiger partial charge is 0.119 e. The van der Waals surface area contributed by atoms with E-state index in [-0.39, 0.29) is 12.6 Å². The molecule has 20 heavy (non-hydrogen) atoms. The molecular formula is C17H23NO2. The summed E-state index contributed by atoms with van der Waals surface area (Å²) in [5.41, 5.74) is 1.22. The van der Waals surface area contributed by atoms with Gasteiger partial charge in [-0.3, -0.25) is 0 Å². The standard InChI is InChI=1S/C17H23NO2/c1-12(2)17(11-19)18-10-13-4-5-15-9-16(20-3)7-6-14(15)8-13/h4-9,12,17-19H,10-11H2,1-3H3/t17-/m1/s1. The van der Waals surface area contributed by atoms with Gasteiger partial charge >= 0.3 is 0 Å². The summed E-state index contributed by atoms with van der Waals surface area (Å²) in [5.74, 6) is 1.30. The number of hydrogen-bond acceptors (Lipinski definition) is 3. The Morgan fingerprint density at radius 3 is 2.45 bits per heavy atom. The maximum absolute atomic E-state index is 9.33. The highest BCUT2D eigenvalue weighted by atomic mass is 16.5. The van der Waals surface area contributed by atoms with E-state index in [9.17, 15) is 5.11 Å². The first-order valence-corrected chi connectivity index (χ1v) is 7.05. The van der Waals surface area contributed by atoms with E-state index in [1.807, 2.05) is 12.1 Å². The van der Waals surface area contributed by atoms with Crippen molar-refractivity contribution in [1.29, 1.82) is 0 Å². The summed E-state index contributed by atoms with van der Waals surface area (Å²) in [7, 11) is 1.68. The van der Waals surface area contributed by atoms with Gasteiger partial charge in [-0.1, -0.05) is 32.0 Å². The van der Waals surface area contributed by atoms with E-state index >= 15 is 0 Å². The number of rotatable bonds is 6. The van der Waals surface area contributed by atoms with Gasteiger partial charge < -0.3 is 15.2 Å². The molecule has 2 N–H and O–H groups in total. The third-order valence-corrected chi connectivity index (χ3v) is 3.68. The summed E-state index contributed by atoms with van der Waals surface area (Å²) in [6.07, 6.45) is 0. The lowest BCUT2D eigenvalue weighted by Crippen LogP contribution is -2.36. The van der Waals surface area contributed by atoms with Crippen LogP contribution in [0.5, 0.6) is 5.75 Å². The third kappa shape index (κ3) is 3.50.